The van der Waals surface area contributed by atoms with E-state index in [9.17, 15) is 10.4 Å². The molecule has 2 N–H and O–H groups in total. The van der Waals surface area contributed by atoms with E-state index in [2.05, 4.69) is 44.4 Å². The third kappa shape index (κ3) is 5.27. The highest BCUT2D eigenvalue weighted by Gasteiger charge is 2.24. The summed E-state index contributed by atoms with van der Waals surface area (Å²) >= 11 is 1.52. The fraction of sp³-hybridized carbons (Fsp3) is 0.267. The van der Waals surface area contributed by atoms with Crippen LogP contribution in [0.15, 0.2) is 65.9 Å². The molecule has 202 valence electrons. The number of hydrogen-bond acceptors (Lipinski definition) is 9. The number of thiophene rings is 1. The number of fused-ring (bicyclic) bond motifs is 2. The number of nitrogens with zero attached hydrogens (tertiary/aromatic N) is 6. The van der Waals surface area contributed by atoms with Crippen molar-refractivity contribution in [1.82, 2.24) is 14.5 Å². The van der Waals surface area contributed by atoms with Gasteiger partial charge < -0.3 is 19.3 Å². The van der Waals surface area contributed by atoms with Gasteiger partial charge in [0.25, 0.3) is 0 Å². The molecule has 1 saturated heterocycles. The summed E-state index contributed by atoms with van der Waals surface area (Å²) in [7, 11) is 0. The molecule has 0 atom stereocenters. The lowest BCUT2D eigenvalue weighted by Gasteiger charge is -2.28. The van der Waals surface area contributed by atoms with E-state index in [1.165, 1.54) is 11.3 Å². The first-order valence-corrected chi connectivity index (χ1v) is 13.9. The van der Waals surface area contributed by atoms with Gasteiger partial charge in [-0.1, -0.05) is 30.3 Å². The largest absolute Gasteiger partial charge is 0.385 e. The Balaban J connectivity index is 1.31. The minimum Gasteiger partial charge on any atom is -0.385 e. The zero-order chi connectivity index (χ0) is 27.7. The molecule has 4 heterocycles. The number of benzene rings is 2. The fourth-order valence-electron chi connectivity index (χ4n) is 4.86. The maximum Gasteiger partial charge on any atom is 0.246 e. The van der Waals surface area contributed by atoms with Crippen LogP contribution in [0.3, 0.4) is 0 Å². The molecule has 0 unspecified atom stereocenters. The molecular formula is C30H29N7O2S. The van der Waals surface area contributed by atoms with Crippen LogP contribution in [0.25, 0.3) is 21.1 Å². The summed E-state index contributed by atoms with van der Waals surface area (Å²) in [4.78, 5) is 12.6. The van der Waals surface area contributed by atoms with Crippen LogP contribution in [-0.4, -0.2) is 52.2 Å². The van der Waals surface area contributed by atoms with Crippen molar-refractivity contribution < 1.29 is 9.84 Å². The molecule has 2 aromatic carbocycles. The van der Waals surface area contributed by atoms with Crippen molar-refractivity contribution in [1.29, 1.82) is 5.26 Å². The molecule has 0 bridgehead atoms. The highest BCUT2D eigenvalue weighted by molar-refractivity contribution is 7.19. The molecule has 0 radical (unpaired) electrons. The fourth-order valence-corrected chi connectivity index (χ4v) is 5.98. The van der Waals surface area contributed by atoms with Crippen molar-refractivity contribution in [3.8, 4) is 6.07 Å². The Labute approximate surface area is 236 Å². The number of aliphatic hydroxyl groups is 1. The highest BCUT2D eigenvalue weighted by Crippen LogP contribution is 2.37. The quantitative estimate of drug-likeness (QED) is 0.214. The summed E-state index contributed by atoms with van der Waals surface area (Å²) in [6, 6.07) is 20.0. The summed E-state index contributed by atoms with van der Waals surface area (Å²) in [5, 5.41) is 25.5. The molecule has 0 amide bonds. The van der Waals surface area contributed by atoms with Gasteiger partial charge in [0.15, 0.2) is 5.82 Å². The van der Waals surface area contributed by atoms with Gasteiger partial charge in [0, 0.05) is 47.2 Å². The molecule has 0 spiro atoms. The Morgan fingerprint density at radius 1 is 1.15 bits per heavy atom. The van der Waals surface area contributed by atoms with Crippen LogP contribution in [0.5, 0.6) is 0 Å². The highest BCUT2D eigenvalue weighted by atomic mass is 32.1. The molecule has 1 aliphatic rings. The number of nitriles is 1. The predicted octanol–water partition coefficient (Wildman–Crippen LogP) is 5.08. The van der Waals surface area contributed by atoms with Gasteiger partial charge in [-0.3, -0.25) is 0 Å². The Morgan fingerprint density at radius 3 is 2.77 bits per heavy atom. The predicted molar refractivity (Wildman–Crippen MR) is 159 cm³/mol. The molecule has 5 aromatic rings. The Hall–Kier alpha value is -4.30. The number of morpholine rings is 1. The number of rotatable bonds is 7. The van der Waals surface area contributed by atoms with Gasteiger partial charge in [-0.2, -0.15) is 15.3 Å². The molecule has 9 nitrogen and oxygen atoms in total. The van der Waals surface area contributed by atoms with E-state index in [1.807, 2.05) is 42.5 Å². The second-order valence-electron chi connectivity index (χ2n) is 10.3. The second-order valence-corrected chi connectivity index (χ2v) is 11.3. The zero-order valence-corrected chi connectivity index (χ0v) is 23.1. The van der Waals surface area contributed by atoms with Crippen LogP contribution < -0.4 is 10.3 Å². The molecule has 1 aliphatic heterocycles. The number of ether oxygens (including phenoxy) is 1. The molecule has 0 aliphatic carbocycles. The first kappa shape index (κ1) is 26.0. The van der Waals surface area contributed by atoms with Crippen LogP contribution in [0.1, 0.15) is 35.4 Å². The van der Waals surface area contributed by atoms with Gasteiger partial charge in [-0.15, -0.1) is 11.3 Å². The summed E-state index contributed by atoms with van der Waals surface area (Å²) in [5.41, 5.74) is 6.57. The first-order valence-electron chi connectivity index (χ1n) is 13.1. The molecule has 1 fully saturated rings. The van der Waals surface area contributed by atoms with Crippen LogP contribution in [0.4, 0.5) is 11.8 Å². The number of anilines is 2. The molecule has 10 heteroatoms. The van der Waals surface area contributed by atoms with Gasteiger partial charge in [0.05, 0.1) is 46.9 Å². The van der Waals surface area contributed by atoms with Crippen molar-refractivity contribution in [3.63, 3.8) is 0 Å². The minimum atomic E-state index is -0.969. The normalized spacial score (nSPS) is 14.3. The van der Waals surface area contributed by atoms with Gasteiger partial charge in [-0.25, -0.2) is 10.4 Å². The average molecular weight is 552 g/mol. The summed E-state index contributed by atoms with van der Waals surface area (Å²) in [5.74, 6) is 1.21. The van der Waals surface area contributed by atoms with Crippen molar-refractivity contribution in [2.24, 2.45) is 5.10 Å². The lowest BCUT2D eigenvalue weighted by Crippen LogP contribution is -2.36. The number of para-hydroxylation sites is 1. The zero-order valence-electron chi connectivity index (χ0n) is 22.3. The van der Waals surface area contributed by atoms with Crippen LogP contribution >= 0.6 is 11.3 Å². The van der Waals surface area contributed by atoms with Crippen molar-refractivity contribution in [2.45, 2.75) is 26.0 Å². The van der Waals surface area contributed by atoms with E-state index in [0.29, 0.717) is 31.3 Å². The lowest BCUT2D eigenvalue weighted by molar-refractivity contribution is 0.0826. The Bertz CT molecular complexity index is 1750. The maximum absolute atomic E-state index is 10.6. The number of aromatic nitrogens is 3. The second kappa shape index (κ2) is 10.7. The molecule has 0 saturated carbocycles. The summed E-state index contributed by atoms with van der Waals surface area (Å²) < 4.78 is 8.65. The standard InChI is InChI=1S/C30H29N7O2S/c1-30(2,38)26-15-24-27(40-26)28(36-10-12-39-13-11-36)34-29(33-24)35-32-17-22-19-37(25-9-4-3-8-23(22)25)18-21-7-5-6-20(14-21)16-31/h3-9,14-15,17,19,38H,10-13,18H2,1-2H3,(H,33,34,35)/b32-17+. The summed E-state index contributed by atoms with van der Waals surface area (Å²) in [6.07, 6.45) is 3.84. The first-order chi connectivity index (χ1) is 19.4. The van der Waals surface area contributed by atoms with Crippen molar-refractivity contribution in [3.05, 3.63) is 82.4 Å². The molecule has 6 rings (SSSR count). The third-order valence-electron chi connectivity index (χ3n) is 6.86. The SMILES string of the molecule is CC(C)(O)c1cc2nc(N/N=C/c3cn(Cc4cccc(C#N)c4)c4ccccc34)nc(N3CCOCC3)c2s1. The monoisotopic (exact) mass is 551 g/mol. The summed E-state index contributed by atoms with van der Waals surface area (Å²) in [6.45, 7) is 6.95. The average Bonchev–Trinajstić information content (AvgIpc) is 3.55. The van der Waals surface area contributed by atoms with E-state index < -0.39 is 5.60 Å². The van der Waals surface area contributed by atoms with Gasteiger partial charge >= 0.3 is 0 Å². The molecule has 40 heavy (non-hydrogen) atoms. The minimum absolute atomic E-state index is 0.391. The smallest absolute Gasteiger partial charge is 0.246 e. The van der Waals surface area contributed by atoms with E-state index in [0.717, 1.165) is 56.0 Å². The lowest BCUT2D eigenvalue weighted by atomic mass is 10.1. The maximum atomic E-state index is 10.6. The Kier molecular flexibility index (Phi) is 6.94. The van der Waals surface area contributed by atoms with Gasteiger partial charge in [-0.05, 0) is 43.7 Å². The van der Waals surface area contributed by atoms with Crippen LogP contribution in [-0.2, 0) is 16.9 Å². The van der Waals surface area contributed by atoms with Gasteiger partial charge in [0.2, 0.25) is 5.95 Å². The van der Waals surface area contributed by atoms with E-state index in [-0.39, 0.29) is 0 Å². The van der Waals surface area contributed by atoms with Crippen molar-refractivity contribution in [2.75, 3.05) is 36.6 Å². The van der Waals surface area contributed by atoms with Crippen molar-refractivity contribution >= 4 is 50.4 Å². The van der Waals surface area contributed by atoms with E-state index >= 15 is 0 Å². The van der Waals surface area contributed by atoms with E-state index in [4.69, 9.17) is 14.7 Å². The number of hydrogen-bond donors (Lipinski definition) is 2. The third-order valence-corrected chi connectivity index (χ3v) is 8.30. The molecule has 3 aromatic heterocycles. The van der Waals surface area contributed by atoms with E-state index in [1.54, 1.807) is 20.1 Å². The molecular weight excluding hydrogens is 522 g/mol. The number of nitrogens with one attached hydrogen (secondary N) is 1. The van der Waals surface area contributed by atoms with Crippen LogP contribution in [0.2, 0.25) is 0 Å². The van der Waals surface area contributed by atoms with Crippen LogP contribution in [0, 0.1) is 11.3 Å². The van der Waals surface area contributed by atoms with Gasteiger partial charge in [0.1, 0.15) is 0 Å². The Morgan fingerprint density at radius 2 is 1.98 bits per heavy atom. The topological polar surface area (TPSA) is 112 Å². The number of hydrazone groups is 1.